The fourth-order valence-electron chi connectivity index (χ4n) is 2.52. The third kappa shape index (κ3) is 4.53. The van der Waals surface area contributed by atoms with Crippen molar-refractivity contribution in [3.63, 3.8) is 0 Å². The van der Waals surface area contributed by atoms with Gasteiger partial charge in [-0.15, -0.1) is 0 Å². The highest BCUT2D eigenvalue weighted by Gasteiger charge is 2.19. The van der Waals surface area contributed by atoms with Crippen LogP contribution in [0.4, 0.5) is 0 Å². The smallest absolute Gasteiger partial charge is 0.223 e. The van der Waals surface area contributed by atoms with Gasteiger partial charge in [0.2, 0.25) is 5.91 Å². The van der Waals surface area contributed by atoms with Crippen molar-refractivity contribution in [2.45, 2.75) is 25.7 Å². The fourth-order valence-corrected chi connectivity index (χ4v) is 2.52. The topological polar surface area (TPSA) is 50.4 Å². The lowest BCUT2D eigenvalue weighted by Gasteiger charge is -2.21. The lowest BCUT2D eigenvalue weighted by atomic mass is 9.97. The second kappa shape index (κ2) is 7.90. The molecule has 2 rings (SSSR count). The Balaban J connectivity index is 1.64. The molecule has 0 saturated carbocycles. The number of amides is 1. The second-order valence-electron chi connectivity index (χ2n) is 5.27. The summed E-state index contributed by atoms with van der Waals surface area (Å²) in [5.41, 5.74) is 1.28. The molecule has 1 amide bonds. The molecular weight excluding hydrogens is 252 g/mol. The first-order valence-electron chi connectivity index (χ1n) is 7.41. The zero-order chi connectivity index (χ0) is 14.2. The predicted molar refractivity (Wildman–Crippen MR) is 79.9 cm³/mol. The molecule has 110 valence electrons. The second-order valence-corrected chi connectivity index (χ2v) is 5.27. The number of piperidine rings is 1. The SMILES string of the molecule is COc1ccc(CCCNC(=O)C2CCNCC2)cc1. The highest BCUT2D eigenvalue weighted by molar-refractivity contribution is 5.78. The van der Waals surface area contributed by atoms with Crippen LogP contribution in [0, 0.1) is 5.92 Å². The van der Waals surface area contributed by atoms with Crippen LogP contribution in [-0.4, -0.2) is 32.7 Å². The van der Waals surface area contributed by atoms with Crippen molar-refractivity contribution < 1.29 is 9.53 Å². The van der Waals surface area contributed by atoms with Crippen LogP contribution < -0.4 is 15.4 Å². The lowest BCUT2D eigenvalue weighted by molar-refractivity contribution is -0.125. The third-order valence-corrected chi connectivity index (χ3v) is 3.81. The molecule has 4 heteroatoms. The van der Waals surface area contributed by atoms with Gasteiger partial charge in [0.05, 0.1) is 7.11 Å². The van der Waals surface area contributed by atoms with E-state index in [0.29, 0.717) is 0 Å². The molecule has 0 radical (unpaired) electrons. The van der Waals surface area contributed by atoms with Crippen LogP contribution >= 0.6 is 0 Å². The van der Waals surface area contributed by atoms with Crippen LogP contribution in [-0.2, 0) is 11.2 Å². The van der Waals surface area contributed by atoms with Crippen LogP contribution in [0.5, 0.6) is 5.75 Å². The van der Waals surface area contributed by atoms with Crippen LogP contribution in [0.3, 0.4) is 0 Å². The molecule has 2 N–H and O–H groups in total. The average Bonchev–Trinajstić information content (AvgIpc) is 2.53. The number of ether oxygens (including phenoxy) is 1. The predicted octanol–water partition coefficient (Wildman–Crippen LogP) is 1.74. The van der Waals surface area contributed by atoms with Crippen molar-refractivity contribution in [3.05, 3.63) is 29.8 Å². The largest absolute Gasteiger partial charge is 0.497 e. The number of nitrogens with one attached hydrogen (secondary N) is 2. The van der Waals surface area contributed by atoms with E-state index in [9.17, 15) is 4.79 Å². The summed E-state index contributed by atoms with van der Waals surface area (Å²) < 4.78 is 5.13. The number of benzene rings is 1. The van der Waals surface area contributed by atoms with Crippen molar-refractivity contribution in [2.75, 3.05) is 26.7 Å². The van der Waals surface area contributed by atoms with E-state index in [2.05, 4.69) is 22.8 Å². The summed E-state index contributed by atoms with van der Waals surface area (Å²) in [7, 11) is 1.67. The maximum absolute atomic E-state index is 11.9. The van der Waals surface area contributed by atoms with Gasteiger partial charge in [0, 0.05) is 12.5 Å². The minimum Gasteiger partial charge on any atom is -0.497 e. The van der Waals surface area contributed by atoms with Crippen LogP contribution in [0.2, 0.25) is 0 Å². The molecule has 1 aliphatic rings. The number of carbonyl (C=O) groups is 1. The fraction of sp³-hybridized carbons (Fsp3) is 0.562. The minimum absolute atomic E-state index is 0.206. The molecule has 0 unspecified atom stereocenters. The van der Waals surface area contributed by atoms with Gasteiger partial charge in [-0.3, -0.25) is 4.79 Å². The molecule has 0 aliphatic carbocycles. The first-order valence-corrected chi connectivity index (χ1v) is 7.41. The highest BCUT2D eigenvalue weighted by atomic mass is 16.5. The number of hydrogen-bond acceptors (Lipinski definition) is 3. The Hall–Kier alpha value is -1.55. The Bertz CT molecular complexity index is 411. The van der Waals surface area contributed by atoms with Gasteiger partial charge in [-0.25, -0.2) is 0 Å². The monoisotopic (exact) mass is 276 g/mol. The first kappa shape index (κ1) is 14.9. The van der Waals surface area contributed by atoms with E-state index >= 15 is 0 Å². The molecule has 0 atom stereocenters. The Labute approximate surface area is 120 Å². The van der Waals surface area contributed by atoms with Crippen molar-refractivity contribution in [3.8, 4) is 5.75 Å². The Morgan fingerprint density at radius 3 is 2.65 bits per heavy atom. The summed E-state index contributed by atoms with van der Waals surface area (Å²) in [5.74, 6) is 1.31. The van der Waals surface area contributed by atoms with Gasteiger partial charge in [-0.05, 0) is 56.5 Å². The van der Waals surface area contributed by atoms with E-state index in [1.165, 1.54) is 5.56 Å². The average molecular weight is 276 g/mol. The number of methoxy groups -OCH3 is 1. The maximum Gasteiger partial charge on any atom is 0.223 e. The van der Waals surface area contributed by atoms with E-state index in [-0.39, 0.29) is 11.8 Å². The third-order valence-electron chi connectivity index (χ3n) is 3.81. The van der Waals surface area contributed by atoms with Crippen molar-refractivity contribution >= 4 is 5.91 Å². The molecule has 1 saturated heterocycles. The molecule has 0 aromatic heterocycles. The number of rotatable bonds is 6. The zero-order valence-electron chi connectivity index (χ0n) is 12.2. The molecular formula is C16H24N2O2. The van der Waals surface area contributed by atoms with Gasteiger partial charge >= 0.3 is 0 Å². The van der Waals surface area contributed by atoms with Gasteiger partial charge in [0.1, 0.15) is 5.75 Å². The molecule has 20 heavy (non-hydrogen) atoms. The summed E-state index contributed by atoms with van der Waals surface area (Å²) >= 11 is 0. The molecule has 1 aromatic carbocycles. The van der Waals surface area contributed by atoms with Gasteiger partial charge in [-0.1, -0.05) is 12.1 Å². The summed E-state index contributed by atoms with van der Waals surface area (Å²) in [5, 5.41) is 6.33. The van der Waals surface area contributed by atoms with E-state index < -0.39 is 0 Å². The number of aryl methyl sites for hydroxylation is 1. The van der Waals surface area contributed by atoms with E-state index in [4.69, 9.17) is 4.74 Å². The Kier molecular flexibility index (Phi) is 5.87. The Morgan fingerprint density at radius 1 is 1.30 bits per heavy atom. The van der Waals surface area contributed by atoms with Crippen LogP contribution in [0.15, 0.2) is 24.3 Å². The van der Waals surface area contributed by atoms with E-state index in [1.807, 2.05) is 12.1 Å². The standard InChI is InChI=1S/C16H24N2O2/c1-20-15-6-4-13(5-7-15)3-2-10-18-16(19)14-8-11-17-12-9-14/h4-7,14,17H,2-3,8-12H2,1H3,(H,18,19). The quantitative estimate of drug-likeness (QED) is 0.778. The van der Waals surface area contributed by atoms with Crippen molar-refractivity contribution in [2.24, 2.45) is 5.92 Å². The summed E-state index contributed by atoms with van der Waals surface area (Å²) in [4.78, 5) is 11.9. The molecule has 0 bridgehead atoms. The van der Waals surface area contributed by atoms with E-state index in [0.717, 1.165) is 51.1 Å². The van der Waals surface area contributed by atoms with Gasteiger partial charge < -0.3 is 15.4 Å². The van der Waals surface area contributed by atoms with Crippen molar-refractivity contribution in [1.82, 2.24) is 10.6 Å². The molecule has 1 fully saturated rings. The summed E-state index contributed by atoms with van der Waals surface area (Å²) in [6.07, 6.45) is 3.88. The number of carbonyl (C=O) groups excluding carboxylic acids is 1. The van der Waals surface area contributed by atoms with Gasteiger partial charge in [-0.2, -0.15) is 0 Å². The zero-order valence-corrected chi connectivity index (χ0v) is 12.2. The minimum atomic E-state index is 0.206. The summed E-state index contributed by atoms with van der Waals surface area (Å²) in [6.45, 7) is 2.68. The lowest BCUT2D eigenvalue weighted by Crippen LogP contribution is -2.38. The van der Waals surface area contributed by atoms with Crippen LogP contribution in [0.25, 0.3) is 0 Å². The molecule has 4 nitrogen and oxygen atoms in total. The van der Waals surface area contributed by atoms with Gasteiger partial charge in [0.15, 0.2) is 0 Å². The molecule has 1 heterocycles. The molecule has 1 aliphatic heterocycles. The maximum atomic E-state index is 11.9. The van der Waals surface area contributed by atoms with Crippen LogP contribution in [0.1, 0.15) is 24.8 Å². The highest BCUT2D eigenvalue weighted by Crippen LogP contribution is 2.13. The van der Waals surface area contributed by atoms with Gasteiger partial charge in [0.25, 0.3) is 0 Å². The first-order chi connectivity index (χ1) is 9.79. The van der Waals surface area contributed by atoms with Crippen molar-refractivity contribution in [1.29, 1.82) is 0 Å². The molecule has 0 spiro atoms. The van der Waals surface area contributed by atoms with E-state index in [1.54, 1.807) is 7.11 Å². The molecule has 1 aromatic rings. The summed E-state index contributed by atoms with van der Waals surface area (Å²) in [6, 6.07) is 8.10. The Morgan fingerprint density at radius 2 is 2.00 bits per heavy atom. The normalized spacial score (nSPS) is 15.8. The number of hydrogen-bond donors (Lipinski definition) is 2.